The predicted octanol–water partition coefficient (Wildman–Crippen LogP) is 5.64. The Bertz CT molecular complexity index is 1310. The summed E-state index contributed by atoms with van der Waals surface area (Å²) in [6.45, 7) is -0.267. The lowest BCUT2D eigenvalue weighted by Gasteiger charge is -2.10. The fourth-order valence-corrected chi connectivity index (χ4v) is 5.23. The standard InChI is InChI=1S/C23H16Br3N3O7/c1-34-20-8-13(2-7-19(20)36-23(31)14-3-5-16(6-4-14)29(32)33)11-27-28-21(30)12-35-22-17(25)9-15(24)10-18(22)26/h2-11H,12H2,1H3,(H,28,30)/b27-11+. The number of non-ortho nitro benzene ring substituents is 1. The lowest BCUT2D eigenvalue weighted by molar-refractivity contribution is -0.384. The molecule has 0 bridgehead atoms. The van der Waals surface area contributed by atoms with Gasteiger partial charge in [0.15, 0.2) is 18.1 Å². The topological polar surface area (TPSA) is 129 Å². The number of methoxy groups -OCH3 is 1. The number of amides is 1. The predicted molar refractivity (Wildman–Crippen MR) is 142 cm³/mol. The average Bonchev–Trinajstić information content (AvgIpc) is 2.84. The van der Waals surface area contributed by atoms with E-state index in [1.165, 1.54) is 43.7 Å². The minimum Gasteiger partial charge on any atom is -0.493 e. The summed E-state index contributed by atoms with van der Waals surface area (Å²) in [7, 11) is 1.40. The van der Waals surface area contributed by atoms with Gasteiger partial charge in [0.25, 0.3) is 11.6 Å². The highest BCUT2D eigenvalue weighted by molar-refractivity contribution is 9.11. The van der Waals surface area contributed by atoms with Crippen molar-refractivity contribution in [1.82, 2.24) is 5.43 Å². The van der Waals surface area contributed by atoms with Gasteiger partial charge in [0.05, 0.1) is 32.8 Å². The third kappa shape index (κ3) is 7.35. The number of nitro groups is 1. The number of nitrogens with one attached hydrogen (secondary N) is 1. The zero-order chi connectivity index (χ0) is 26.2. The van der Waals surface area contributed by atoms with Crippen molar-refractivity contribution in [3.8, 4) is 17.2 Å². The van der Waals surface area contributed by atoms with Gasteiger partial charge < -0.3 is 14.2 Å². The van der Waals surface area contributed by atoms with Crippen LogP contribution < -0.4 is 19.6 Å². The Morgan fingerprint density at radius 2 is 1.69 bits per heavy atom. The highest BCUT2D eigenvalue weighted by atomic mass is 79.9. The van der Waals surface area contributed by atoms with E-state index in [1.807, 2.05) is 0 Å². The molecule has 0 heterocycles. The number of hydrogen-bond acceptors (Lipinski definition) is 8. The number of carbonyl (C=O) groups is 2. The summed E-state index contributed by atoms with van der Waals surface area (Å²) in [5.41, 5.74) is 2.92. The quantitative estimate of drug-likeness (QED) is 0.102. The van der Waals surface area contributed by atoms with Crippen molar-refractivity contribution in [3.63, 3.8) is 0 Å². The summed E-state index contributed by atoms with van der Waals surface area (Å²) in [6.07, 6.45) is 1.38. The SMILES string of the molecule is COc1cc(/C=N/NC(=O)COc2c(Br)cc(Br)cc2Br)ccc1OC(=O)c1ccc([N+](=O)[O-])cc1. The van der Waals surface area contributed by atoms with Crippen LogP contribution in [0.1, 0.15) is 15.9 Å². The van der Waals surface area contributed by atoms with E-state index in [1.54, 1.807) is 24.3 Å². The summed E-state index contributed by atoms with van der Waals surface area (Å²) in [5.74, 6) is -0.328. The Hall–Kier alpha value is -3.29. The third-order valence-electron chi connectivity index (χ3n) is 4.42. The van der Waals surface area contributed by atoms with Crippen molar-refractivity contribution < 1.29 is 28.7 Å². The van der Waals surface area contributed by atoms with Crippen molar-refractivity contribution >= 4 is 71.6 Å². The summed E-state index contributed by atoms with van der Waals surface area (Å²) in [4.78, 5) is 34.6. The van der Waals surface area contributed by atoms with E-state index in [4.69, 9.17) is 14.2 Å². The second-order valence-corrected chi connectivity index (χ2v) is 9.51. The highest BCUT2D eigenvalue weighted by Gasteiger charge is 2.15. The minimum absolute atomic E-state index is 0.138. The van der Waals surface area contributed by atoms with E-state index in [0.29, 0.717) is 20.3 Å². The van der Waals surface area contributed by atoms with E-state index in [2.05, 4.69) is 58.3 Å². The molecular formula is C23H16Br3N3O7. The number of rotatable bonds is 9. The molecule has 1 amide bonds. The molecule has 0 saturated heterocycles. The first-order chi connectivity index (χ1) is 17.2. The van der Waals surface area contributed by atoms with Crippen molar-refractivity contribution in [2.45, 2.75) is 0 Å². The van der Waals surface area contributed by atoms with Crippen molar-refractivity contribution in [2.75, 3.05) is 13.7 Å². The second-order valence-electron chi connectivity index (χ2n) is 6.88. The Morgan fingerprint density at radius 3 is 2.31 bits per heavy atom. The fraction of sp³-hybridized carbons (Fsp3) is 0.0870. The highest BCUT2D eigenvalue weighted by Crippen LogP contribution is 2.36. The molecule has 0 aliphatic carbocycles. The number of halogens is 3. The molecule has 186 valence electrons. The van der Waals surface area contributed by atoms with Crippen LogP contribution in [0.25, 0.3) is 0 Å². The van der Waals surface area contributed by atoms with Crippen LogP contribution in [0.3, 0.4) is 0 Å². The van der Waals surface area contributed by atoms with Crippen LogP contribution in [0.4, 0.5) is 5.69 Å². The lowest BCUT2D eigenvalue weighted by atomic mass is 10.2. The number of nitrogens with zero attached hydrogens (tertiary/aromatic N) is 2. The van der Waals surface area contributed by atoms with Crippen molar-refractivity contribution in [2.24, 2.45) is 5.10 Å². The number of hydrazone groups is 1. The van der Waals surface area contributed by atoms with E-state index in [-0.39, 0.29) is 29.4 Å². The summed E-state index contributed by atoms with van der Waals surface area (Å²) in [5, 5.41) is 14.6. The monoisotopic (exact) mass is 683 g/mol. The van der Waals surface area contributed by atoms with Gasteiger partial charge in [0, 0.05) is 16.6 Å². The normalized spacial score (nSPS) is 10.7. The first-order valence-corrected chi connectivity index (χ1v) is 12.3. The molecular weight excluding hydrogens is 670 g/mol. The second kappa shape index (κ2) is 12.6. The van der Waals surface area contributed by atoms with Gasteiger partial charge in [-0.05, 0) is 79.9 Å². The maximum Gasteiger partial charge on any atom is 0.343 e. The Kier molecular flexibility index (Phi) is 9.56. The largest absolute Gasteiger partial charge is 0.493 e. The van der Waals surface area contributed by atoms with Gasteiger partial charge in [-0.3, -0.25) is 14.9 Å². The minimum atomic E-state index is -0.707. The molecule has 0 spiro atoms. The maximum atomic E-state index is 12.4. The molecule has 0 aliphatic heterocycles. The van der Waals surface area contributed by atoms with Crippen LogP contribution in [0.15, 0.2) is 73.1 Å². The zero-order valence-corrected chi connectivity index (χ0v) is 23.1. The molecule has 0 atom stereocenters. The van der Waals surface area contributed by atoms with E-state index in [0.717, 1.165) is 4.47 Å². The molecule has 3 aromatic carbocycles. The molecule has 3 aromatic rings. The molecule has 36 heavy (non-hydrogen) atoms. The molecule has 0 aliphatic rings. The number of carbonyl (C=O) groups excluding carboxylic acids is 2. The fourth-order valence-electron chi connectivity index (χ4n) is 2.74. The summed E-state index contributed by atoms with van der Waals surface area (Å²) in [6, 6.07) is 13.3. The van der Waals surface area contributed by atoms with Crippen molar-refractivity contribution in [1.29, 1.82) is 0 Å². The van der Waals surface area contributed by atoms with Crippen LogP contribution >= 0.6 is 47.8 Å². The van der Waals surface area contributed by atoms with Crippen LogP contribution in [0.2, 0.25) is 0 Å². The van der Waals surface area contributed by atoms with E-state index < -0.39 is 16.8 Å². The van der Waals surface area contributed by atoms with E-state index in [9.17, 15) is 19.7 Å². The Labute approximate surface area is 230 Å². The van der Waals surface area contributed by atoms with Gasteiger partial charge >= 0.3 is 5.97 Å². The van der Waals surface area contributed by atoms with Crippen LogP contribution in [0.5, 0.6) is 17.2 Å². The first kappa shape index (κ1) is 27.3. The summed E-state index contributed by atoms with van der Waals surface area (Å²) >= 11 is 10.1. The lowest BCUT2D eigenvalue weighted by Crippen LogP contribution is -2.24. The van der Waals surface area contributed by atoms with Crippen LogP contribution in [-0.2, 0) is 4.79 Å². The molecule has 0 unspecified atom stereocenters. The third-order valence-corrected chi connectivity index (χ3v) is 6.05. The van der Waals surface area contributed by atoms with Gasteiger partial charge in [-0.1, -0.05) is 15.9 Å². The summed E-state index contributed by atoms with van der Waals surface area (Å²) < 4.78 is 18.3. The smallest absolute Gasteiger partial charge is 0.343 e. The number of benzene rings is 3. The number of ether oxygens (including phenoxy) is 3. The van der Waals surface area contributed by atoms with E-state index >= 15 is 0 Å². The van der Waals surface area contributed by atoms with Gasteiger partial charge in [-0.25, -0.2) is 10.2 Å². The van der Waals surface area contributed by atoms with Crippen LogP contribution in [-0.4, -0.2) is 36.7 Å². The zero-order valence-electron chi connectivity index (χ0n) is 18.4. The number of hydrogen-bond donors (Lipinski definition) is 1. The van der Waals surface area contributed by atoms with Crippen LogP contribution in [0, 0.1) is 10.1 Å². The molecule has 0 radical (unpaired) electrons. The van der Waals surface area contributed by atoms with Gasteiger partial charge in [0.2, 0.25) is 0 Å². The molecule has 0 fully saturated rings. The molecule has 3 rings (SSSR count). The molecule has 0 aromatic heterocycles. The molecule has 10 nitrogen and oxygen atoms in total. The number of nitro benzene ring substituents is 1. The molecule has 0 saturated carbocycles. The maximum absolute atomic E-state index is 12.4. The number of esters is 1. The Morgan fingerprint density at radius 1 is 1.03 bits per heavy atom. The average molecular weight is 686 g/mol. The molecule has 13 heteroatoms. The van der Waals surface area contributed by atoms with Gasteiger partial charge in [-0.2, -0.15) is 5.10 Å². The Balaban J connectivity index is 1.58. The first-order valence-electron chi connectivity index (χ1n) is 9.92. The van der Waals surface area contributed by atoms with Crippen molar-refractivity contribution in [3.05, 3.63) is 89.3 Å². The van der Waals surface area contributed by atoms with Gasteiger partial charge in [0.1, 0.15) is 5.75 Å². The van der Waals surface area contributed by atoms with Gasteiger partial charge in [-0.15, -0.1) is 0 Å². The molecule has 1 N–H and O–H groups in total.